The Bertz CT molecular complexity index is 5040. The first-order valence-electron chi connectivity index (χ1n) is 40.5. The molecule has 20 atom stereocenters. The summed E-state index contributed by atoms with van der Waals surface area (Å²) in [6.45, 7) is 26.2. The monoisotopic (exact) mass is 1790 g/mol. The molecule has 120 heavy (non-hydrogen) atoms. The second kappa shape index (κ2) is 44.3. The molecule has 10 rings (SSSR count). The van der Waals surface area contributed by atoms with Crippen LogP contribution in [-0.2, 0) is 55.9 Å². The molecule has 0 radical (unpaired) electrons. The van der Waals surface area contributed by atoms with Gasteiger partial charge in [-0.25, -0.2) is 24.0 Å². The van der Waals surface area contributed by atoms with Gasteiger partial charge in [-0.1, -0.05) is 46.6 Å². The van der Waals surface area contributed by atoms with Crippen LogP contribution in [0.2, 0.25) is 0 Å². The highest BCUT2D eigenvalue weighted by Gasteiger charge is 2.49. The molecular formula is C80H133N10O25P5. The molecule has 5 aromatic heterocycles. The highest BCUT2D eigenvalue weighted by molar-refractivity contribution is 7.73. The first-order chi connectivity index (χ1) is 55.7. The second-order valence-electron chi connectivity index (χ2n) is 35.0. The molecule has 35 nitrogen and oxygen atoms in total. The van der Waals surface area contributed by atoms with Crippen molar-refractivity contribution in [3.8, 4) is 0 Å². The third-order valence-electron chi connectivity index (χ3n) is 20.9. The summed E-state index contributed by atoms with van der Waals surface area (Å²) in [5.41, 5.74) is -3.64. The molecule has 0 amide bonds. The molecule has 5 saturated heterocycles. The molecule has 0 saturated carbocycles. The van der Waals surface area contributed by atoms with Crippen LogP contribution in [0.1, 0.15) is 144 Å². The number of aliphatic hydroxyl groups is 10. The minimum Gasteiger partial charge on any atom is -0.388 e. The lowest BCUT2D eigenvalue weighted by Gasteiger charge is -2.19. The van der Waals surface area contributed by atoms with Crippen molar-refractivity contribution in [1.82, 2.24) is 47.8 Å². The van der Waals surface area contributed by atoms with E-state index in [-0.39, 0.29) is 12.0 Å². The zero-order chi connectivity index (χ0) is 90.3. The zero-order valence-electron chi connectivity index (χ0n) is 71.8. The molecule has 0 bridgehead atoms. The van der Waals surface area contributed by atoms with Gasteiger partial charge in [0.15, 0.2) is 24.9 Å². The largest absolute Gasteiger partial charge is 0.388 e. The number of allylic oxidation sites excluding steroid dienone is 1. The number of aliphatic hydroxyl groups excluding tert-OH is 10. The number of nitrogens with zero attached hydrogens (tertiary/aromatic N) is 5. The van der Waals surface area contributed by atoms with Gasteiger partial charge in [-0.3, -0.25) is 67.2 Å². The topological polar surface area (TPSA) is 523 Å². The predicted molar refractivity (Wildman–Crippen MR) is 483 cm³/mol. The highest BCUT2D eigenvalue weighted by Crippen LogP contribution is 2.44. The lowest BCUT2D eigenvalue weighted by molar-refractivity contribution is -0.0404. The number of hydrogen-bond donors (Lipinski definition) is 15. The van der Waals surface area contributed by atoms with Crippen molar-refractivity contribution < 1.29 is 74.7 Å². The molecular weight excluding hydrogens is 1660 g/mol. The van der Waals surface area contributed by atoms with E-state index in [1.54, 1.807) is 13.0 Å². The Labute approximate surface area is 698 Å². The van der Waals surface area contributed by atoms with Crippen molar-refractivity contribution >= 4 is 65.9 Å². The van der Waals surface area contributed by atoms with Gasteiger partial charge < -0.3 is 79.3 Å². The molecule has 10 heterocycles. The van der Waals surface area contributed by atoms with Crippen LogP contribution in [0.3, 0.4) is 0 Å². The number of aromatic amines is 5. The Morgan fingerprint density at radius 1 is 0.350 bits per heavy atom. The van der Waals surface area contributed by atoms with Crippen LogP contribution >= 0.6 is 34.4 Å². The number of aryl methyl sites for hydroxylation is 4. The van der Waals surface area contributed by atoms with E-state index in [0.29, 0.717) is 80.2 Å². The lowest BCUT2D eigenvalue weighted by Crippen LogP contribution is -2.38. The maximum absolute atomic E-state index is 12.2. The maximum Gasteiger partial charge on any atom is 0.330 e. The van der Waals surface area contributed by atoms with Crippen LogP contribution < -0.4 is 56.2 Å². The van der Waals surface area contributed by atoms with Gasteiger partial charge >= 0.3 is 28.4 Å². The van der Waals surface area contributed by atoms with Crippen LogP contribution in [0.25, 0.3) is 0 Å². The van der Waals surface area contributed by atoms with Crippen LogP contribution in [0.4, 0.5) is 0 Å². The van der Waals surface area contributed by atoms with E-state index < -0.39 is 213 Å². The minimum atomic E-state index is -1.29. The SMILES string of the molecule is C=CCc1cn(C2O[C@H](CCP(=C)(C)C)[C@@H](O)[C@H]2O)c(=O)[nH]c1=O.C=P(C)(C)CC[C@H]1OC(c2cn(CCC)c(=O)[nH]c2=O)[C@H](O)[C@@H]1O.C=P(C)(C)CC[C@H]1OC(n2cc(CC)c(=O)[nH]c2=O)[C@H](O)[C@@H]1O.C=P(C)(C)CC[C@H]1OC(n2cc(CCC)c(=O)[nH]c2=O)[C@H](O)[C@@H]1O.C=P(C)(C)CC[C@H]1OC(n2cc(CCCC)c(=O)[nH]c2=O)[C@H](O)[C@@H]1O. The Hall–Kier alpha value is -5.96. The van der Waals surface area contributed by atoms with Crippen LogP contribution in [0.5, 0.6) is 0 Å². The molecule has 5 aromatic rings. The summed E-state index contributed by atoms with van der Waals surface area (Å²) in [5, 5.41) is 103. The maximum atomic E-state index is 12.2. The molecule has 15 N–H and O–H groups in total. The van der Waals surface area contributed by atoms with E-state index in [1.165, 1.54) is 44.7 Å². The van der Waals surface area contributed by atoms with E-state index in [4.69, 9.17) is 23.7 Å². The fourth-order valence-corrected chi connectivity index (χ4v) is 18.7. The van der Waals surface area contributed by atoms with Gasteiger partial charge in [0, 0.05) is 59.8 Å². The van der Waals surface area contributed by atoms with Gasteiger partial charge in [0.1, 0.15) is 67.1 Å². The van der Waals surface area contributed by atoms with Crippen molar-refractivity contribution in [2.75, 3.05) is 97.5 Å². The molecule has 5 unspecified atom stereocenters. The smallest absolute Gasteiger partial charge is 0.330 e. The van der Waals surface area contributed by atoms with Gasteiger partial charge in [0.05, 0.1) is 36.1 Å². The molecule has 5 aliphatic rings. The summed E-state index contributed by atoms with van der Waals surface area (Å²) < 4.78 is 34.8. The lowest BCUT2D eigenvalue weighted by atomic mass is 10.0. The Kier molecular flexibility index (Phi) is 37.9. The Morgan fingerprint density at radius 2 is 0.633 bits per heavy atom. The van der Waals surface area contributed by atoms with Crippen LogP contribution in [0, 0.1) is 0 Å². The average molecular weight is 1790 g/mol. The average Bonchev–Trinajstić information content (AvgIpc) is 1.66. The normalized spacial score (nSPS) is 27.5. The molecule has 0 aliphatic carbocycles. The van der Waals surface area contributed by atoms with Gasteiger partial charge in [-0.15, -0.1) is 72.5 Å². The summed E-state index contributed by atoms with van der Waals surface area (Å²) >= 11 is 0. The second-order valence-corrected chi connectivity index (χ2v) is 56.6. The van der Waals surface area contributed by atoms with E-state index in [2.05, 4.69) is 130 Å². The number of hydrogen-bond acceptors (Lipinski definition) is 25. The van der Waals surface area contributed by atoms with Crippen molar-refractivity contribution in [3.63, 3.8) is 0 Å². The third-order valence-corrected chi connectivity index (χ3v) is 28.3. The third kappa shape index (κ3) is 28.8. The van der Waals surface area contributed by atoms with Crippen LogP contribution in [-0.4, -0.2) is 319 Å². The first-order valence-corrected chi connectivity index (χ1v) is 55.7. The number of aromatic nitrogens is 10. The van der Waals surface area contributed by atoms with Gasteiger partial charge in [-0.2, -0.15) is 0 Å². The number of ether oxygens (including phenoxy) is 5. The van der Waals surface area contributed by atoms with Crippen molar-refractivity contribution in [3.05, 3.63) is 176 Å². The number of unbranched alkanes of at least 4 members (excludes halogenated alkanes) is 1. The standard InChI is InChI=1S/C17H29N2O5P.2C16H27N2O5P.C16H25N2O5P.C15H25N2O5P/c1-5-6-7-11-10-19(17(23)18-15(11)22)16-14(21)13(20)12(24-16)8-9-25(2,3)4;1-5-7-18-9-10(15(21)17-16(18)22)14-13(20)12(19)11(23-14)6-8-24(2,3)4;2*1-5-6-10-9-18(16(22)17-14(10)21)15-13(20)12(19)11(23-15)7-8-24(2,3)4;1-5-9-8-17(15(21)16-13(9)20)14-12(19)11(18)10(22-14)6-7-23(2,3)4/h10,12-14,16,20-21H,2,5-9H2,1,3-4H3,(H,18,22,23);9,11-14,19-20H,2,5-8H2,1,3-4H3,(H,17,21,22);9,11-13,15,19-20H,2,5-8H2,1,3-4H3,(H,17,21,22);5,9,11-13,15,19-20H,1-2,6-8H2,3-4H3,(H,17,21,22);8,10-12,14,18-19H,2,5-7H2,1,3-4H3,(H,16,20,21)/t12-,13-,14-,16?;11-,12-,13-,14?;2*11-,12-,13-,15?;10-,11-,12-,14?/m11111/s1. The Balaban J connectivity index is 0.000000233. The summed E-state index contributed by atoms with van der Waals surface area (Å²) in [6.07, 6.45) is 21.8. The van der Waals surface area contributed by atoms with Gasteiger partial charge in [0.25, 0.3) is 27.8 Å². The Morgan fingerprint density at radius 3 is 0.933 bits per heavy atom. The zero-order valence-corrected chi connectivity index (χ0v) is 76.2. The summed E-state index contributed by atoms with van der Waals surface area (Å²) in [5.74, 6) is 0. The van der Waals surface area contributed by atoms with Crippen molar-refractivity contribution in [2.24, 2.45) is 0 Å². The first kappa shape index (κ1) is 103. The number of nitrogens with one attached hydrogen (secondary N) is 5. The van der Waals surface area contributed by atoms with Crippen LogP contribution in [0.15, 0.2) is 91.6 Å². The van der Waals surface area contributed by atoms with E-state index >= 15 is 0 Å². The highest BCUT2D eigenvalue weighted by atomic mass is 31.2. The van der Waals surface area contributed by atoms with E-state index in [9.17, 15) is 99.0 Å². The van der Waals surface area contributed by atoms with Gasteiger partial charge in [0.2, 0.25) is 0 Å². The minimum absolute atomic E-state index is 0.167. The molecule has 0 spiro atoms. The van der Waals surface area contributed by atoms with Crippen molar-refractivity contribution in [2.45, 2.75) is 240 Å². The summed E-state index contributed by atoms with van der Waals surface area (Å²) in [6, 6.07) is 0. The fourth-order valence-electron chi connectivity index (χ4n) is 14.0. The quantitative estimate of drug-likeness (QED) is 0.0223. The number of rotatable bonds is 30. The summed E-state index contributed by atoms with van der Waals surface area (Å²) in [4.78, 5) is 130. The van der Waals surface area contributed by atoms with E-state index in [1.807, 2.05) is 20.8 Å². The van der Waals surface area contributed by atoms with Gasteiger partial charge in [-0.05, 0) is 168 Å². The summed E-state index contributed by atoms with van der Waals surface area (Å²) in [7, 11) is 0. The molecule has 40 heteroatoms. The molecule has 5 aliphatic heterocycles. The molecule has 0 aromatic carbocycles. The van der Waals surface area contributed by atoms with Crippen molar-refractivity contribution in [1.29, 1.82) is 0 Å². The number of H-pyrrole nitrogens is 5. The molecule has 5 fully saturated rings. The van der Waals surface area contributed by atoms with E-state index in [0.717, 1.165) is 65.6 Å². The molecule has 678 valence electrons. The predicted octanol–water partition coefficient (Wildman–Crippen LogP) is 0.814. The fraction of sp³-hybridized carbons (Fsp3) is 0.662.